The van der Waals surface area contributed by atoms with Crippen LogP contribution in [0.3, 0.4) is 0 Å². The molecule has 0 saturated heterocycles. The minimum absolute atomic E-state index is 0.127. The summed E-state index contributed by atoms with van der Waals surface area (Å²) in [5, 5.41) is 13.5. The number of sulfonamides is 1. The predicted octanol–water partition coefficient (Wildman–Crippen LogP) is 1.84. The van der Waals surface area contributed by atoms with Gasteiger partial charge in [0, 0.05) is 31.8 Å². The average Bonchev–Trinajstić information content (AvgIpc) is 3.23. The minimum Gasteiger partial charge on any atom is -0.353 e. The maximum atomic E-state index is 13.6. The number of Topliss-reactive ketones (excluding diaryl/α,β-unsaturated/α-hetero) is 1. The van der Waals surface area contributed by atoms with Gasteiger partial charge in [0.25, 0.3) is 15.7 Å². The van der Waals surface area contributed by atoms with E-state index in [9.17, 15) is 32.9 Å². The lowest BCUT2D eigenvalue weighted by atomic mass is 9.78. The summed E-state index contributed by atoms with van der Waals surface area (Å²) in [6.45, 7) is 1.15. The van der Waals surface area contributed by atoms with Gasteiger partial charge in [-0.05, 0) is 34.9 Å². The molecule has 1 aliphatic heterocycles. The van der Waals surface area contributed by atoms with Crippen molar-refractivity contribution in [1.29, 1.82) is 0 Å². The number of carbonyl (C=O) groups excluding carboxylic acids is 3. The highest BCUT2D eigenvalue weighted by molar-refractivity contribution is 7.89. The third-order valence-electron chi connectivity index (χ3n) is 5.68. The number of hydrogen-bond acceptors (Lipinski definition) is 7. The third-order valence-corrected chi connectivity index (χ3v) is 7.44. The first-order valence-corrected chi connectivity index (χ1v) is 11.6. The summed E-state index contributed by atoms with van der Waals surface area (Å²) < 4.78 is 28.2. The predicted molar refractivity (Wildman–Crippen MR) is 121 cm³/mol. The van der Waals surface area contributed by atoms with Gasteiger partial charge in [-0.3, -0.25) is 28.8 Å². The second-order valence-electron chi connectivity index (χ2n) is 7.82. The Morgan fingerprint density at radius 3 is 2.32 bits per heavy atom. The van der Waals surface area contributed by atoms with Crippen LogP contribution >= 0.6 is 0 Å². The number of carbonyl (C=O) groups is 3. The number of nitrogens with zero attached hydrogens (tertiary/aromatic N) is 2. The quantitative estimate of drug-likeness (QED) is 0.377. The fourth-order valence-electron chi connectivity index (χ4n) is 4.10. The van der Waals surface area contributed by atoms with Crippen LogP contribution in [0.5, 0.6) is 0 Å². The first-order chi connectivity index (χ1) is 16.1. The minimum atomic E-state index is -4.29. The van der Waals surface area contributed by atoms with Crippen molar-refractivity contribution in [3.8, 4) is 0 Å². The van der Waals surface area contributed by atoms with Crippen molar-refractivity contribution in [3.05, 3.63) is 88.1 Å². The van der Waals surface area contributed by atoms with Gasteiger partial charge >= 0.3 is 0 Å². The molecule has 174 valence electrons. The number of amides is 1. The fraction of sp³-hybridized carbons (Fsp3) is 0.174. The standard InChI is InChI=1S/C23H19N3O7S/c1-14(27)24-12-16-11-20(28)23(29)21-19(15-5-3-2-4-6-15)13-25(22(16)21)34(32,33)18-9-7-17(8-10-18)26(30)31/h2-11,13,21-22H,12H2,1H3,(H,24,27). The maximum absolute atomic E-state index is 13.6. The van der Waals surface area contributed by atoms with Gasteiger partial charge in [-0.1, -0.05) is 30.3 Å². The molecular weight excluding hydrogens is 462 g/mol. The molecule has 0 aromatic heterocycles. The summed E-state index contributed by atoms with van der Waals surface area (Å²) in [6, 6.07) is 11.9. The summed E-state index contributed by atoms with van der Waals surface area (Å²) >= 11 is 0. The third kappa shape index (κ3) is 4.01. The van der Waals surface area contributed by atoms with Gasteiger partial charge in [-0.25, -0.2) is 8.42 Å². The molecule has 0 fully saturated rings. The Hall–Kier alpha value is -4.12. The number of nitro groups is 1. The van der Waals surface area contributed by atoms with Crippen molar-refractivity contribution in [2.24, 2.45) is 5.92 Å². The van der Waals surface area contributed by atoms with Gasteiger partial charge in [-0.15, -0.1) is 0 Å². The van der Waals surface area contributed by atoms with Crippen LogP contribution in [-0.4, -0.2) is 47.7 Å². The molecule has 11 heteroatoms. The second-order valence-corrected chi connectivity index (χ2v) is 9.66. The van der Waals surface area contributed by atoms with E-state index in [0.29, 0.717) is 11.1 Å². The number of rotatable bonds is 6. The first kappa shape index (κ1) is 23.1. The van der Waals surface area contributed by atoms with Crippen molar-refractivity contribution in [2.45, 2.75) is 17.9 Å². The Kier molecular flexibility index (Phi) is 5.88. The van der Waals surface area contributed by atoms with E-state index in [0.717, 1.165) is 34.6 Å². The topological polar surface area (TPSA) is 144 Å². The van der Waals surface area contributed by atoms with Crippen molar-refractivity contribution < 1.29 is 27.7 Å². The van der Waals surface area contributed by atoms with Crippen molar-refractivity contribution in [3.63, 3.8) is 0 Å². The number of non-ortho nitro benzene ring substituents is 1. The van der Waals surface area contributed by atoms with Crippen LogP contribution in [0.4, 0.5) is 5.69 Å². The molecule has 34 heavy (non-hydrogen) atoms. The van der Waals surface area contributed by atoms with Crippen molar-refractivity contribution in [1.82, 2.24) is 9.62 Å². The molecule has 0 saturated carbocycles. The van der Waals surface area contributed by atoms with Crippen LogP contribution < -0.4 is 5.32 Å². The van der Waals surface area contributed by atoms with Crippen LogP contribution in [0, 0.1) is 16.0 Å². The molecule has 10 nitrogen and oxygen atoms in total. The molecule has 2 atom stereocenters. The lowest BCUT2D eigenvalue weighted by molar-refractivity contribution is -0.384. The molecule has 1 heterocycles. The zero-order valence-electron chi connectivity index (χ0n) is 17.9. The van der Waals surface area contributed by atoms with Gasteiger partial charge in [0.15, 0.2) is 0 Å². The Labute approximate surface area is 194 Å². The van der Waals surface area contributed by atoms with E-state index in [1.807, 2.05) is 0 Å². The molecule has 1 amide bonds. The molecule has 1 N–H and O–H groups in total. The summed E-state index contributed by atoms with van der Waals surface area (Å²) in [5.74, 6) is -3.02. The Bertz CT molecular complexity index is 1360. The summed E-state index contributed by atoms with van der Waals surface area (Å²) in [4.78, 5) is 47.1. The largest absolute Gasteiger partial charge is 0.353 e. The van der Waals surface area contributed by atoms with Gasteiger partial charge in [0.1, 0.15) is 0 Å². The number of ketones is 2. The van der Waals surface area contributed by atoms with Crippen molar-refractivity contribution in [2.75, 3.05) is 6.54 Å². The van der Waals surface area contributed by atoms with Crippen LogP contribution in [0.15, 0.2) is 77.3 Å². The lowest BCUT2D eigenvalue weighted by Crippen LogP contribution is -2.47. The summed E-state index contributed by atoms with van der Waals surface area (Å²) in [7, 11) is -4.29. The Balaban J connectivity index is 1.86. The van der Waals surface area contributed by atoms with Crippen LogP contribution in [-0.2, 0) is 24.4 Å². The smallest absolute Gasteiger partial charge is 0.269 e. The van der Waals surface area contributed by atoms with Crippen LogP contribution in [0.2, 0.25) is 0 Å². The number of nitrogens with one attached hydrogen (secondary N) is 1. The first-order valence-electron chi connectivity index (χ1n) is 10.2. The summed E-state index contributed by atoms with van der Waals surface area (Å²) in [5.41, 5.74) is 0.907. The van der Waals surface area contributed by atoms with Crippen LogP contribution in [0.1, 0.15) is 12.5 Å². The Morgan fingerprint density at radius 1 is 1.09 bits per heavy atom. The fourth-order valence-corrected chi connectivity index (χ4v) is 5.63. The molecule has 2 aromatic carbocycles. The summed E-state index contributed by atoms with van der Waals surface area (Å²) in [6.07, 6.45) is 2.39. The number of allylic oxidation sites excluding steroid dienone is 1. The molecule has 0 bridgehead atoms. The zero-order chi connectivity index (χ0) is 24.6. The highest BCUT2D eigenvalue weighted by Gasteiger charge is 2.50. The average molecular weight is 481 g/mol. The van der Waals surface area contributed by atoms with E-state index < -0.39 is 38.5 Å². The highest BCUT2D eigenvalue weighted by Crippen LogP contribution is 2.44. The second kappa shape index (κ2) is 8.67. The number of hydrogen-bond donors (Lipinski definition) is 1. The van der Waals surface area contributed by atoms with Gasteiger partial charge in [0.2, 0.25) is 17.5 Å². The van der Waals surface area contributed by atoms with E-state index in [2.05, 4.69) is 5.32 Å². The zero-order valence-corrected chi connectivity index (χ0v) is 18.7. The van der Waals surface area contributed by atoms with Gasteiger partial charge in [-0.2, -0.15) is 0 Å². The normalized spacial score (nSPS) is 19.9. The van der Waals surface area contributed by atoms with Gasteiger partial charge in [0.05, 0.1) is 21.8 Å². The molecule has 0 spiro atoms. The van der Waals surface area contributed by atoms with E-state index in [-0.39, 0.29) is 28.6 Å². The lowest BCUT2D eigenvalue weighted by Gasteiger charge is -2.33. The monoisotopic (exact) mass is 481 g/mol. The Morgan fingerprint density at radius 2 is 1.74 bits per heavy atom. The van der Waals surface area contributed by atoms with E-state index in [1.54, 1.807) is 30.3 Å². The van der Waals surface area contributed by atoms with Gasteiger partial charge < -0.3 is 5.32 Å². The SMILES string of the molecule is CC(=O)NCC1=CC(=O)C(=O)C2C(c3ccccc3)=CN(S(=O)(=O)c3ccc([N+](=O)[O-])cc3)C12. The molecule has 0 radical (unpaired) electrons. The number of nitro benzene ring substituents is 1. The molecule has 4 rings (SSSR count). The molecule has 2 unspecified atom stereocenters. The van der Waals surface area contributed by atoms with E-state index in [4.69, 9.17) is 0 Å². The number of fused-ring (bicyclic) bond motifs is 1. The maximum Gasteiger partial charge on any atom is 0.269 e. The van der Waals surface area contributed by atoms with E-state index >= 15 is 0 Å². The van der Waals surface area contributed by atoms with Crippen molar-refractivity contribution >= 4 is 38.8 Å². The van der Waals surface area contributed by atoms with E-state index in [1.165, 1.54) is 13.1 Å². The molecule has 2 aromatic rings. The number of benzene rings is 2. The molecular formula is C23H19N3O7S. The molecule has 1 aliphatic carbocycles. The van der Waals surface area contributed by atoms with Crippen LogP contribution in [0.25, 0.3) is 5.57 Å². The highest BCUT2D eigenvalue weighted by atomic mass is 32.2. The molecule has 2 aliphatic rings.